The molecule has 3 aliphatic rings. The molecular weight excluding hydrogens is 300 g/mol. The number of esters is 1. The fourth-order valence-corrected chi connectivity index (χ4v) is 4.51. The molecule has 2 atom stereocenters. The van der Waals surface area contributed by atoms with Gasteiger partial charge in [-0.3, -0.25) is 9.59 Å². The average molecular weight is 324 g/mol. The summed E-state index contributed by atoms with van der Waals surface area (Å²) in [5, 5.41) is 0. The number of ether oxygens (including phenoxy) is 3. The summed E-state index contributed by atoms with van der Waals surface area (Å²) in [6.07, 6.45) is 5.01. The van der Waals surface area contributed by atoms with Crippen molar-refractivity contribution in [3.63, 3.8) is 0 Å². The Morgan fingerprint density at radius 2 is 1.78 bits per heavy atom. The Kier molecular flexibility index (Phi) is 4.56. The van der Waals surface area contributed by atoms with Crippen molar-refractivity contribution in [2.75, 3.05) is 19.8 Å². The molecule has 2 spiro atoms. The van der Waals surface area contributed by atoms with Gasteiger partial charge >= 0.3 is 5.97 Å². The van der Waals surface area contributed by atoms with Gasteiger partial charge in [-0.2, -0.15) is 0 Å². The molecule has 1 saturated heterocycles. The van der Waals surface area contributed by atoms with Crippen molar-refractivity contribution in [2.45, 2.75) is 57.7 Å². The predicted octanol–water partition coefficient (Wildman–Crippen LogP) is 1.79. The van der Waals surface area contributed by atoms with Gasteiger partial charge in [-0.25, -0.2) is 4.79 Å². The zero-order chi connectivity index (χ0) is 16.5. The maximum absolute atomic E-state index is 13.2. The highest BCUT2D eigenvalue weighted by Crippen LogP contribution is 2.56. The zero-order valence-corrected chi connectivity index (χ0v) is 13.6. The van der Waals surface area contributed by atoms with Crippen LogP contribution in [0.2, 0.25) is 0 Å². The van der Waals surface area contributed by atoms with Crippen molar-refractivity contribution in [3.05, 3.63) is 0 Å². The van der Waals surface area contributed by atoms with E-state index < -0.39 is 28.9 Å². The van der Waals surface area contributed by atoms with Gasteiger partial charge in [0.2, 0.25) is 5.78 Å². The molecule has 0 aromatic carbocycles. The number of rotatable bonds is 3. The van der Waals surface area contributed by atoms with Crippen LogP contribution in [-0.4, -0.2) is 43.1 Å². The van der Waals surface area contributed by atoms with Crippen LogP contribution in [0.15, 0.2) is 0 Å². The first-order chi connectivity index (χ1) is 11.1. The van der Waals surface area contributed by atoms with E-state index in [0.29, 0.717) is 38.9 Å². The molecular formula is C17H24O6. The summed E-state index contributed by atoms with van der Waals surface area (Å²) in [6, 6.07) is 0. The molecule has 2 saturated carbocycles. The minimum Gasteiger partial charge on any atom is -0.460 e. The lowest BCUT2D eigenvalue weighted by molar-refractivity contribution is -0.255. The van der Waals surface area contributed by atoms with Crippen LogP contribution in [0.3, 0.4) is 0 Å². The maximum Gasteiger partial charge on any atom is 0.375 e. The fourth-order valence-electron chi connectivity index (χ4n) is 4.51. The van der Waals surface area contributed by atoms with Crippen LogP contribution < -0.4 is 0 Å². The third kappa shape index (κ3) is 2.52. The number of ketones is 2. The van der Waals surface area contributed by atoms with Crippen molar-refractivity contribution in [2.24, 2.45) is 11.3 Å². The molecule has 6 heteroatoms. The van der Waals surface area contributed by atoms with Gasteiger partial charge in [-0.05, 0) is 32.6 Å². The van der Waals surface area contributed by atoms with Crippen molar-refractivity contribution < 1.29 is 28.6 Å². The first-order valence-electron chi connectivity index (χ1n) is 8.59. The highest BCUT2D eigenvalue weighted by Gasteiger charge is 2.63. The van der Waals surface area contributed by atoms with Crippen LogP contribution >= 0.6 is 0 Å². The Morgan fingerprint density at radius 3 is 2.48 bits per heavy atom. The van der Waals surface area contributed by atoms with Crippen LogP contribution in [0, 0.1) is 11.3 Å². The highest BCUT2D eigenvalue weighted by atomic mass is 16.7. The predicted molar refractivity (Wildman–Crippen MR) is 79.5 cm³/mol. The first-order valence-corrected chi connectivity index (χ1v) is 8.59. The standard InChI is InChI=1S/C17H24O6/c1-2-21-15(20)13(18)12-6-5-8-16(14(12)19)7-3-4-9-17(16)22-10-11-23-17/h12H,2-11H2,1H3/t12?,16-/m0/s1. The van der Waals surface area contributed by atoms with E-state index in [1.54, 1.807) is 6.92 Å². The SMILES string of the molecule is CCOC(=O)C(=O)C1CCC[C@@]2(CCCCC23OCCO3)C1=O. The molecule has 0 N–H and O–H groups in total. The van der Waals surface area contributed by atoms with E-state index in [0.717, 1.165) is 19.3 Å². The molecule has 0 amide bonds. The van der Waals surface area contributed by atoms with E-state index in [1.165, 1.54) is 0 Å². The molecule has 23 heavy (non-hydrogen) atoms. The van der Waals surface area contributed by atoms with Gasteiger partial charge in [0.05, 0.1) is 31.2 Å². The second-order valence-corrected chi connectivity index (χ2v) is 6.63. The molecule has 3 fully saturated rings. The second-order valence-electron chi connectivity index (χ2n) is 6.63. The van der Waals surface area contributed by atoms with Crippen LogP contribution in [-0.2, 0) is 28.6 Å². The van der Waals surface area contributed by atoms with Crippen molar-refractivity contribution in [3.8, 4) is 0 Å². The number of hydrogen-bond donors (Lipinski definition) is 0. The largest absolute Gasteiger partial charge is 0.460 e. The molecule has 0 bridgehead atoms. The van der Waals surface area contributed by atoms with Gasteiger partial charge in [0.15, 0.2) is 11.6 Å². The summed E-state index contributed by atoms with van der Waals surface area (Å²) in [6.45, 7) is 2.73. The number of carbonyl (C=O) groups is 3. The second kappa shape index (κ2) is 6.32. The Bertz CT molecular complexity index is 503. The fraction of sp³-hybridized carbons (Fsp3) is 0.824. The van der Waals surface area contributed by atoms with Crippen LogP contribution in [0.5, 0.6) is 0 Å². The van der Waals surface area contributed by atoms with Gasteiger partial charge in [0.1, 0.15) is 0 Å². The normalized spacial score (nSPS) is 33.1. The van der Waals surface area contributed by atoms with Crippen molar-refractivity contribution >= 4 is 17.5 Å². The molecule has 2 aliphatic carbocycles. The minimum atomic E-state index is -0.912. The maximum atomic E-state index is 13.2. The van der Waals surface area contributed by atoms with Gasteiger partial charge in [-0.15, -0.1) is 0 Å². The molecule has 0 aromatic rings. The first kappa shape index (κ1) is 16.6. The molecule has 3 rings (SSSR count). The lowest BCUT2D eigenvalue weighted by Gasteiger charge is -2.51. The van der Waals surface area contributed by atoms with E-state index in [2.05, 4.69) is 0 Å². The summed E-state index contributed by atoms with van der Waals surface area (Å²) in [5.74, 6) is -3.60. The van der Waals surface area contributed by atoms with Gasteiger partial charge in [0, 0.05) is 6.42 Å². The summed E-state index contributed by atoms with van der Waals surface area (Å²) >= 11 is 0. The Morgan fingerprint density at radius 1 is 1.13 bits per heavy atom. The lowest BCUT2D eigenvalue weighted by Crippen LogP contribution is -2.60. The number of hydrogen-bond acceptors (Lipinski definition) is 6. The van der Waals surface area contributed by atoms with E-state index in [-0.39, 0.29) is 12.4 Å². The topological polar surface area (TPSA) is 78.9 Å². The van der Waals surface area contributed by atoms with Gasteiger partial charge < -0.3 is 14.2 Å². The molecule has 1 unspecified atom stereocenters. The third-order valence-electron chi connectivity index (χ3n) is 5.52. The summed E-state index contributed by atoms with van der Waals surface area (Å²) in [4.78, 5) is 37.4. The molecule has 0 radical (unpaired) electrons. The van der Waals surface area contributed by atoms with E-state index in [1.807, 2.05) is 0 Å². The number of Topliss-reactive ketones (excluding diaryl/α,β-unsaturated/α-hetero) is 2. The summed E-state index contributed by atoms with van der Waals surface area (Å²) < 4.78 is 16.6. The van der Waals surface area contributed by atoms with Crippen LogP contribution in [0.1, 0.15) is 51.9 Å². The number of fused-ring (bicyclic) bond motifs is 1. The molecule has 6 nitrogen and oxygen atoms in total. The summed E-state index contributed by atoms with van der Waals surface area (Å²) in [5.41, 5.74) is -0.785. The zero-order valence-electron chi connectivity index (χ0n) is 13.6. The van der Waals surface area contributed by atoms with Crippen molar-refractivity contribution in [1.29, 1.82) is 0 Å². The number of carbonyl (C=O) groups excluding carboxylic acids is 3. The third-order valence-corrected chi connectivity index (χ3v) is 5.52. The van der Waals surface area contributed by atoms with E-state index in [4.69, 9.17) is 14.2 Å². The van der Waals surface area contributed by atoms with Crippen LogP contribution in [0.4, 0.5) is 0 Å². The molecule has 0 aromatic heterocycles. The van der Waals surface area contributed by atoms with Gasteiger partial charge in [0.25, 0.3) is 0 Å². The monoisotopic (exact) mass is 324 g/mol. The van der Waals surface area contributed by atoms with E-state index >= 15 is 0 Å². The summed E-state index contributed by atoms with van der Waals surface area (Å²) in [7, 11) is 0. The Hall–Kier alpha value is -1.27. The van der Waals surface area contributed by atoms with Crippen LogP contribution in [0.25, 0.3) is 0 Å². The van der Waals surface area contributed by atoms with E-state index in [9.17, 15) is 14.4 Å². The quantitative estimate of drug-likeness (QED) is 0.447. The average Bonchev–Trinajstić information content (AvgIpc) is 3.02. The molecule has 1 heterocycles. The molecule has 1 aliphatic heterocycles. The van der Waals surface area contributed by atoms with Gasteiger partial charge in [-0.1, -0.05) is 12.8 Å². The highest BCUT2D eigenvalue weighted by molar-refractivity contribution is 6.38. The lowest BCUT2D eigenvalue weighted by atomic mass is 9.57. The minimum absolute atomic E-state index is 0.132. The smallest absolute Gasteiger partial charge is 0.375 e. The Labute approximate surface area is 135 Å². The van der Waals surface area contributed by atoms with Crippen molar-refractivity contribution in [1.82, 2.24) is 0 Å². The Balaban J connectivity index is 1.89. The molecule has 128 valence electrons.